The van der Waals surface area contributed by atoms with Crippen LogP contribution in [0.2, 0.25) is 0 Å². The van der Waals surface area contributed by atoms with Crippen LogP contribution in [0.25, 0.3) is 0 Å². The number of nitrogens with one attached hydrogen (secondary N) is 1. The van der Waals surface area contributed by atoms with Crippen LogP contribution in [0.4, 0.5) is 0 Å². The van der Waals surface area contributed by atoms with Crippen molar-refractivity contribution in [2.24, 2.45) is 0 Å². The number of benzene rings is 2. The Hall–Kier alpha value is -1.74. The van der Waals surface area contributed by atoms with Gasteiger partial charge < -0.3 is 5.32 Å². The van der Waals surface area contributed by atoms with E-state index in [-0.39, 0.29) is 5.91 Å². The van der Waals surface area contributed by atoms with Crippen molar-refractivity contribution in [3.8, 4) is 0 Å². The Balaban J connectivity index is 1.73. The zero-order chi connectivity index (χ0) is 15.9. The molecule has 0 atom stereocenters. The molecule has 0 radical (unpaired) electrons. The quantitative estimate of drug-likeness (QED) is 0.807. The Morgan fingerprint density at radius 1 is 1.00 bits per heavy atom. The van der Waals surface area contributed by atoms with Crippen LogP contribution in [-0.2, 0) is 5.75 Å². The van der Waals surface area contributed by atoms with Gasteiger partial charge in [0.05, 0.1) is 0 Å². The number of amides is 1. The number of aryl methyl sites for hydroxylation is 3. The van der Waals surface area contributed by atoms with Crippen molar-refractivity contribution in [3.63, 3.8) is 0 Å². The largest absolute Gasteiger partial charge is 0.351 e. The molecule has 2 aromatic carbocycles. The zero-order valence-corrected chi connectivity index (χ0v) is 14.3. The summed E-state index contributed by atoms with van der Waals surface area (Å²) in [5.74, 6) is 1.93. The average Bonchev–Trinajstić information content (AvgIpc) is 2.51. The molecule has 0 unspecified atom stereocenters. The SMILES string of the molecule is Cc1ccc(C(=O)NCCSCc2ccccc2C)cc1C. The second-order valence-corrected chi connectivity index (χ2v) is 6.64. The maximum absolute atomic E-state index is 12.1. The third-order valence-corrected chi connectivity index (χ3v) is 4.83. The second-order valence-electron chi connectivity index (χ2n) is 5.53. The highest BCUT2D eigenvalue weighted by Gasteiger charge is 2.06. The summed E-state index contributed by atoms with van der Waals surface area (Å²) in [6.45, 7) is 6.92. The summed E-state index contributed by atoms with van der Waals surface area (Å²) in [5.41, 5.74) is 5.81. The molecule has 0 aliphatic rings. The standard InChI is InChI=1S/C19H23NOS/c1-14-8-9-17(12-16(14)3)19(21)20-10-11-22-13-18-7-5-4-6-15(18)2/h4-9,12H,10-11,13H2,1-3H3,(H,20,21). The fraction of sp³-hybridized carbons (Fsp3) is 0.316. The van der Waals surface area contributed by atoms with Crippen LogP contribution >= 0.6 is 11.8 Å². The van der Waals surface area contributed by atoms with E-state index < -0.39 is 0 Å². The van der Waals surface area contributed by atoms with Gasteiger partial charge in [0, 0.05) is 23.6 Å². The molecule has 2 aromatic rings. The number of carbonyl (C=O) groups is 1. The molecular weight excluding hydrogens is 290 g/mol. The Labute approximate surface area is 137 Å². The molecule has 1 amide bonds. The summed E-state index contributed by atoms with van der Waals surface area (Å²) in [6, 6.07) is 14.3. The van der Waals surface area contributed by atoms with Crippen LogP contribution in [0, 0.1) is 20.8 Å². The van der Waals surface area contributed by atoms with E-state index >= 15 is 0 Å². The van der Waals surface area contributed by atoms with Gasteiger partial charge in [0.15, 0.2) is 0 Å². The van der Waals surface area contributed by atoms with Crippen LogP contribution < -0.4 is 5.32 Å². The topological polar surface area (TPSA) is 29.1 Å². The lowest BCUT2D eigenvalue weighted by molar-refractivity contribution is 0.0956. The Bertz CT molecular complexity index is 652. The highest BCUT2D eigenvalue weighted by molar-refractivity contribution is 7.98. The molecule has 0 saturated carbocycles. The number of carbonyl (C=O) groups excluding carboxylic acids is 1. The molecule has 2 rings (SSSR count). The van der Waals surface area contributed by atoms with Crippen LogP contribution in [0.3, 0.4) is 0 Å². The molecule has 0 bridgehead atoms. The number of hydrogen-bond acceptors (Lipinski definition) is 2. The predicted octanol–water partition coefficient (Wildman–Crippen LogP) is 4.28. The molecule has 22 heavy (non-hydrogen) atoms. The summed E-state index contributed by atoms with van der Waals surface area (Å²) >= 11 is 1.85. The maximum atomic E-state index is 12.1. The van der Waals surface area contributed by atoms with Crippen molar-refractivity contribution < 1.29 is 4.79 Å². The first kappa shape index (κ1) is 16.6. The van der Waals surface area contributed by atoms with E-state index in [1.54, 1.807) is 0 Å². The highest BCUT2D eigenvalue weighted by atomic mass is 32.2. The van der Waals surface area contributed by atoms with Gasteiger partial charge in [-0.1, -0.05) is 30.3 Å². The molecule has 0 saturated heterocycles. The molecular formula is C19H23NOS. The summed E-state index contributed by atoms with van der Waals surface area (Å²) in [6.07, 6.45) is 0. The molecule has 0 aliphatic carbocycles. The van der Waals surface area contributed by atoms with E-state index in [1.165, 1.54) is 16.7 Å². The van der Waals surface area contributed by atoms with Gasteiger partial charge in [0.25, 0.3) is 5.91 Å². The minimum Gasteiger partial charge on any atom is -0.351 e. The normalized spacial score (nSPS) is 10.5. The number of hydrogen-bond donors (Lipinski definition) is 1. The van der Waals surface area contributed by atoms with Gasteiger partial charge in [-0.2, -0.15) is 11.8 Å². The molecule has 116 valence electrons. The Morgan fingerprint density at radius 2 is 1.77 bits per heavy atom. The van der Waals surface area contributed by atoms with Crippen molar-refractivity contribution in [2.45, 2.75) is 26.5 Å². The third-order valence-electron chi connectivity index (χ3n) is 3.82. The van der Waals surface area contributed by atoms with Gasteiger partial charge >= 0.3 is 0 Å². The molecule has 0 aliphatic heterocycles. The van der Waals surface area contributed by atoms with Crippen LogP contribution in [0.1, 0.15) is 32.6 Å². The summed E-state index contributed by atoms with van der Waals surface area (Å²) in [5, 5.41) is 2.99. The Kier molecular flexibility index (Phi) is 6.08. The number of thioether (sulfide) groups is 1. The van der Waals surface area contributed by atoms with Crippen molar-refractivity contribution in [1.29, 1.82) is 0 Å². The third kappa shape index (κ3) is 4.63. The van der Waals surface area contributed by atoms with E-state index in [4.69, 9.17) is 0 Å². The van der Waals surface area contributed by atoms with Gasteiger partial charge in [-0.25, -0.2) is 0 Å². The fourth-order valence-electron chi connectivity index (χ4n) is 2.18. The van der Waals surface area contributed by atoms with Gasteiger partial charge in [0.2, 0.25) is 0 Å². The lowest BCUT2D eigenvalue weighted by Gasteiger charge is -2.08. The molecule has 0 spiro atoms. The summed E-state index contributed by atoms with van der Waals surface area (Å²) < 4.78 is 0. The van der Waals surface area contributed by atoms with Crippen molar-refractivity contribution in [1.82, 2.24) is 5.32 Å². The monoisotopic (exact) mass is 313 g/mol. The molecule has 0 heterocycles. The van der Waals surface area contributed by atoms with Gasteiger partial charge in [-0.15, -0.1) is 0 Å². The van der Waals surface area contributed by atoms with Crippen molar-refractivity contribution in [3.05, 3.63) is 70.3 Å². The highest BCUT2D eigenvalue weighted by Crippen LogP contribution is 2.15. The lowest BCUT2D eigenvalue weighted by atomic mass is 10.1. The predicted molar refractivity (Wildman–Crippen MR) is 95.6 cm³/mol. The molecule has 2 nitrogen and oxygen atoms in total. The van der Waals surface area contributed by atoms with Crippen molar-refractivity contribution in [2.75, 3.05) is 12.3 Å². The second kappa shape index (κ2) is 8.04. The first-order chi connectivity index (χ1) is 10.6. The van der Waals surface area contributed by atoms with E-state index in [1.807, 2.05) is 36.9 Å². The summed E-state index contributed by atoms with van der Waals surface area (Å²) in [7, 11) is 0. The molecule has 3 heteroatoms. The first-order valence-electron chi connectivity index (χ1n) is 7.55. The smallest absolute Gasteiger partial charge is 0.251 e. The minimum absolute atomic E-state index is 0.0135. The van der Waals surface area contributed by atoms with Crippen molar-refractivity contribution >= 4 is 17.7 Å². The van der Waals surface area contributed by atoms with E-state index in [0.29, 0.717) is 6.54 Å². The fourth-order valence-corrected chi connectivity index (χ4v) is 3.11. The van der Waals surface area contributed by atoms with Gasteiger partial charge in [0.1, 0.15) is 0 Å². The van der Waals surface area contributed by atoms with E-state index in [0.717, 1.165) is 22.6 Å². The van der Waals surface area contributed by atoms with Crippen LogP contribution in [0.15, 0.2) is 42.5 Å². The van der Waals surface area contributed by atoms with E-state index in [9.17, 15) is 4.79 Å². The zero-order valence-electron chi connectivity index (χ0n) is 13.5. The lowest BCUT2D eigenvalue weighted by Crippen LogP contribution is -2.25. The van der Waals surface area contributed by atoms with Crippen LogP contribution in [0.5, 0.6) is 0 Å². The van der Waals surface area contributed by atoms with Gasteiger partial charge in [-0.05, 0) is 55.2 Å². The summed E-state index contributed by atoms with van der Waals surface area (Å²) in [4.78, 5) is 12.1. The van der Waals surface area contributed by atoms with Gasteiger partial charge in [-0.3, -0.25) is 4.79 Å². The first-order valence-corrected chi connectivity index (χ1v) is 8.71. The molecule has 1 N–H and O–H groups in total. The maximum Gasteiger partial charge on any atom is 0.251 e. The minimum atomic E-state index is 0.0135. The average molecular weight is 313 g/mol. The van der Waals surface area contributed by atoms with E-state index in [2.05, 4.69) is 43.4 Å². The van der Waals surface area contributed by atoms with Crippen LogP contribution in [-0.4, -0.2) is 18.2 Å². The molecule has 0 aromatic heterocycles. The Morgan fingerprint density at radius 3 is 2.50 bits per heavy atom. The number of rotatable bonds is 6. The molecule has 0 fully saturated rings.